The molecule has 2 aromatic heterocycles. The molecule has 0 bridgehead atoms. The van der Waals surface area contributed by atoms with E-state index in [4.69, 9.17) is 4.74 Å². The summed E-state index contributed by atoms with van der Waals surface area (Å²) < 4.78 is 10.1. The van der Waals surface area contributed by atoms with Gasteiger partial charge < -0.3 is 4.74 Å². The second kappa shape index (κ2) is 7.04. The second-order valence-corrected chi connectivity index (χ2v) is 5.09. The molecule has 0 aliphatic carbocycles. The van der Waals surface area contributed by atoms with Gasteiger partial charge in [0.2, 0.25) is 5.82 Å². The summed E-state index contributed by atoms with van der Waals surface area (Å²) >= 11 is 0. The minimum absolute atomic E-state index is 0.315. The van der Waals surface area contributed by atoms with E-state index in [1.165, 1.54) is 0 Å². The van der Waals surface area contributed by atoms with Gasteiger partial charge in [0.15, 0.2) is 0 Å². The first-order valence-electron chi connectivity index (χ1n) is 7.34. The van der Waals surface area contributed by atoms with Crippen molar-refractivity contribution in [1.82, 2.24) is 20.0 Å². The van der Waals surface area contributed by atoms with Gasteiger partial charge in [-0.05, 0) is 25.0 Å². The lowest BCUT2D eigenvalue weighted by atomic mass is 10.2. The van der Waals surface area contributed by atoms with Crippen LogP contribution in [-0.4, -0.2) is 46.3 Å². The normalized spacial score (nSPS) is 15.1. The van der Waals surface area contributed by atoms with Crippen molar-refractivity contribution in [2.75, 3.05) is 26.2 Å². The summed E-state index contributed by atoms with van der Waals surface area (Å²) in [5.41, 5.74) is 0.540. The van der Waals surface area contributed by atoms with Crippen molar-refractivity contribution in [3.8, 4) is 17.3 Å². The van der Waals surface area contributed by atoms with Crippen LogP contribution in [0.4, 0.5) is 0 Å². The van der Waals surface area contributed by atoms with Gasteiger partial charge in [-0.1, -0.05) is 17.3 Å². The van der Waals surface area contributed by atoms with Crippen molar-refractivity contribution in [3.63, 3.8) is 0 Å². The first kappa shape index (κ1) is 14.5. The molecular formula is C15H18N4O3. The van der Waals surface area contributed by atoms with Crippen LogP contribution in [0.2, 0.25) is 0 Å². The molecule has 1 N–H and O–H groups in total. The van der Waals surface area contributed by atoms with Crippen molar-refractivity contribution in [2.45, 2.75) is 12.8 Å². The van der Waals surface area contributed by atoms with Crippen molar-refractivity contribution in [3.05, 3.63) is 41.0 Å². The van der Waals surface area contributed by atoms with Crippen LogP contribution in [0.3, 0.4) is 0 Å². The van der Waals surface area contributed by atoms with Gasteiger partial charge in [0, 0.05) is 19.6 Å². The summed E-state index contributed by atoms with van der Waals surface area (Å²) in [7, 11) is 0. The summed E-state index contributed by atoms with van der Waals surface area (Å²) in [5.74, 6) is 0.424. The molecule has 0 radical (unpaired) electrons. The molecule has 0 atom stereocenters. The number of ether oxygens (including phenoxy) is 1. The van der Waals surface area contributed by atoms with Gasteiger partial charge in [0.1, 0.15) is 11.4 Å². The molecular weight excluding hydrogens is 284 g/mol. The van der Waals surface area contributed by atoms with Crippen LogP contribution in [0.15, 0.2) is 39.8 Å². The molecule has 0 saturated heterocycles. The molecule has 0 amide bonds. The fourth-order valence-electron chi connectivity index (χ4n) is 2.32. The molecule has 0 fully saturated rings. The van der Waals surface area contributed by atoms with Gasteiger partial charge in [-0.25, -0.2) is 9.78 Å². The minimum Gasteiger partial charge on any atom is -0.492 e. The lowest BCUT2D eigenvalue weighted by molar-refractivity contribution is 0.246. The van der Waals surface area contributed by atoms with Crippen LogP contribution >= 0.6 is 0 Å². The molecule has 0 aromatic carbocycles. The molecule has 7 nitrogen and oxygen atoms in total. The third kappa shape index (κ3) is 3.82. The molecule has 3 heterocycles. The quantitative estimate of drug-likeness (QED) is 0.642. The molecule has 116 valence electrons. The second-order valence-electron chi connectivity index (χ2n) is 5.09. The van der Waals surface area contributed by atoms with Gasteiger partial charge in [-0.15, -0.1) is 0 Å². The largest absolute Gasteiger partial charge is 0.492 e. The van der Waals surface area contributed by atoms with E-state index in [0.717, 1.165) is 32.5 Å². The lowest BCUT2D eigenvalue weighted by Crippen LogP contribution is -2.29. The first-order chi connectivity index (χ1) is 10.8. The zero-order valence-corrected chi connectivity index (χ0v) is 12.2. The van der Waals surface area contributed by atoms with Crippen LogP contribution in [0.5, 0.6) is 5.75 Å². The Kier molecular flexibility index (Phi) is 4.65. The van der Waals surface area contributed by atoms with E-state index in [1.807, 2.05) is 0 Å². The van der Waals surface area contributed by atoms with Crippen molar-refractivity contribution in [2.24, 2.45) is 0 Å². The average Bonchev–Trinajstić information content (AvgIpc) is 3.00. The number of nitrogens with zero attached hydrogens (tertiary/aromatic N) is 3. The fourth-order valence-corrected chi connectivity index (χ4v) is 2.32. The maximum atomic E-state index is 10.9. The molecule has 2 aromatic rings. The van der Waals surface area contributed by atoms with E-state index < -0.39 is 5.76 Å². The van der Waals surface area contributed by atoms with Crippen LogP contribution < -0.4 is 10.5 Å². The number of aromatic nitrogens is 3. The maximum absolute atomic E-state index is 10.9. The van der Waals surface area contributed by atoms with Crippen molar-refractivity contribution < 1.29 is 9.26 Å². The number of hydrogen-bond donors (Lipinski definition) is 1. The lowest BCUT2D eigenvalue weighted by Gasteiger charge is -2.22. The predicted octanol–water partition coefficient (Wildman–Crippen LogP) is 1.46. The van der Waals surface area contributed by atoms with Crippen LogP contribution in [0.1, 0.15) is 12.8 Å². The van der Waals surface area contributed by atoms with Gasteiger partial charge in [-0.3, -0.25) is 14.4 Å². The van der Waals surface area contributed by atoms with E-state index in [-0.39, 0.29) is 0 Å². The molecule has 3 rings (SSSR count). The molecule has 0 saturated carbocycles. The maximum Gasteiger partial charge on any atom is 0.439 e. The fraction of sp³-hybridized carbons (Fsp3) is 0.400. The topological polar surface area (TPSA) is 84.3 Å². The highest BCUT2D eigenvalue weighted by Gasteiger charge is 2.07. The van der Waals surface area contributed by atoms with Crippen LogP contribution in [-0.2, 0) is 0 Å². The number of aromatic amines is 1. The highest BCUT2D eigenvalue weighted by atomic mass is 16.5. The predicted molar refractivity (Wildman–Crippen MR) is 80.7 cm³/mol. The zero-order valence-electron chi connectivity index (χ0n) is 12.2. The van der Waals surface area contributed by atoms with Gasteiger partial charge in [0.25, 0.3) is 0 Å². The van der Waals surface area contributed by atoms with E-state index in [9.17, 15) is 4.79 Å². The Bertz CT molecular complexity index is 675. The number of H-pyrrole nitrogens is 1. The van der Waals surface area contributed by atoms with E-state index in [0.29, 0.717) is 23.9 Å². The number of hydrogen-bond acceptors (Lipinski definition) is 6. The van der Waals surface area contributed by atoms with Crippen LogP contribution in [0, 0.1) is 0 Å². The highest BCUT2D eigenvalue weighted by molar-refractivity contribution is 5.48. The summed E-state index contributed by atoms with van der Waals surface area (Å²) in [5, 5.41) is 3.59. The smallest absolute Gasteiger partial charge is 0.439 e. The molecule has 22 heavy (non-hydrogen) atoms. The Morgan fingerprint density at radius 2 is 2.32 bits per heavy atom. The summed E-state index contributed by atoms with van der Waals surface area (Å²) in [6.07, 6.45) is 8.16. The summed E-state index contributed by atoms with van der Waals surface area (Å²) in [6, 6.07) is 3.54. The SMILES string of the molecule is O=c1[nH]c(-c2ccc(OCCCN3CC=CCC3)cn2)no1. The Balaban J connectivity index is 1.45. The number of pyridine rings is 1. The summed E-state index contributed by atoms with van der Waals surface area (Å²) in [6.45, 7) is 3.85. The molecule has 0 spiro atoms. The Hall–Kier alpha value is -2.41. The van der Waals surface area contributed by atoms with Gasteiger partial charge >= 0.3 is 5.76 Å². The Labute approximate surface area is 127 Å². The average molecular weight is 302 g/mol. The molecule has 1 aliphatic heterocycles. The summed E-state index contributed by atoms with van der Waals surface area (Å²) in [4.78, 5) is 19.9. The monoisotopic (exact) mass is 302 g/mol. The third-order valence-electron chi connectivity index (χ3n) is 3.45. The Morgan fingerprint density at radius 1 is 1.36 bits per heavy atom. The van der Waals surface area contributed by atoms with Gasteiger partial charge in [0.05, 0.1) is 12.8 Å². The van der Waals surface area contributed by atoms with E-state index in [1.54, 1.807) is 18.3 Å². The minimum atomic E-state index is -0.593. The molecule has 1 aliphatic rings. The van der Waals surface area contributed by atoms with Crippen molar-refractivity contribution >= 4 is 0 Å². The molecule has 0 unspecified atom stereocenters. The first-order valence-corrected chi connectivity index (χ1v) is 7.34. The van der Waals surface area contributed by atoms with Crippen molar-refractivity contribution in [1.29, 1.82) is 0 Å². The number of rotatable bonds is 6. The van der Waals surface area contributed by atoms with Gasteiger partial charge in [-0.2, -0.15) is 0 Å². The van der Waals surface area contributed by atoms with Crippen LogP contribution in [0.25, 0.3) is 11.5 Å². The van der Waals surface area contributed by atoms with E-state index in [2.05, 4.69) is 36.7 Å². The third-order valence-corrected chi connectivity index (χ3v) is 3.45. The van der Waals surface area contributed by atoms with E-state index >= 15 is 0 Å². The standard InChI is InChI=1S/C15H18N4O3/c20-15-17-14(18-22-15)13-6-5-12(11-16-13)21-10-4-9-19-7-2-1-3-8-19/h1-2,5-6,11H,3-4,7-10H2,(H,17,18,20). The highest BCUT2D eigenvalue weighted by Crippen LogP contribution is 2.15. The Morgan fingerprint density at radius 3 is 3.00 bits per heavy atom. The number of nitrogens with one attached hydrogen (secondary N) is 1. The zero-order chi connectivity index (χ0) is 15.2. The molecule has 7 heteroatoms.